The Bertz CT molecular complexity index is 561. The Hall–Kier alpha value is -1.47. The molecule has 0 bridgehead atoms. The van der Waals surface area contributed by atoms with Gasteiger partial charge in [-0.05, 0) is 39.5 Å². The van der Waals surface area contributed by atoms with Gasteiger partial charge in [-0.2, -0.15) is 0 Å². The van der Waals surface area contributed by atoms with E-state index >= 15 is 0 Å². The Balaban J connectivity index is 1.95. The summed E-state index contributed by atoms with van der Waals surface area (Å²) < 4.78 is 5.53. The van der Waals surface area contributed by atoms with Crippen LogP contribution < -0.4 is 0 Å². The average molecular weight is 354 g/mol. The van der Waals surface area contributed by atoms with Crippen molar-refractivity contribution in [2.24, 2.45) is 0 Å². The first-order chi connectivity index (χ1) is 11.5. The van der Waals surface area contributed by atoms with Gasteiger partial charge in [-0.25, -0.2) is 4.98 Å². The first-order valence-corrected chi connectivity index (χ1v) is 9.46. The van der Waals surface area contributed by atoms with Crippen LogP contribution in [0.25, 0.3) is 0 Å². The fourth-order valence-corrected chi connectivity index (χ4v) is 3.91. The topological polar surface area (TPSA) is 79.7 Å². The lowest BCUT2D eigenvalue weighted by atomic mass is 9.97. The molecule has 0 saturated carbocycles. The molecule has 1 aliphatic rings. The van der Waals surface area contributed by atoms with Crippen molar-refractivity contribution in [1.29, 1.82) is 0 Å². The molecule has 2 atom stereocenters. The van der Waals surface area contributed by atoms with E-state index in [9.17, 15) is 9.59 Å². The van der Waals surface area contributed by atoms with Crippen LogP contribution in [0.1, 0.15) is 62.8 Å². The molecular formula is C17H26N2O4S. The van der Waals surface area contributed by atoms with Crippen molar-refractivity contribution >= 4 is 23.2 Å². The summed E-state index contributed by atoms with van der Waals surface area (Å²) in [6.45, 7) is 5.26. The molecule has 0 aliphatic carbocycles. The van der Waals surface area contributed by atoms with Crippen LogP contribution in [0.4, 0.5) is 0 Å². The fourth-order valence-electron chi connectivity index (χ4n) is 3.09. The number of carboxylic acid groups (broad SMARTS) is 1. The van der Waals surface area contributed by atoms with Gasteiger partial charge < -0.3 is 14.7 Å². The van der Waals surface area contributed by atoms with E-state index in [1.165, 1.54) is 11.3 Å². The van der Waals surface area contributed by atoms with Gasteiger partial charge in [0.1, 0.15) is 11.1 Å². The lowest BCUT2D eigenvalue weighted by Gasteiger charge is -2.35. The maximum absolute atomic E-state index is 12.6. The molecule has 1 aliphatic heterocycles. The van der Waals surface area contributed by atoms with E-state index in [1.54, 1.807) is 0 Å². The molecule has 1 N–H and O–H groups in total. The number of ether oxygens (including phenoxy) is 1. The molecule has 0 radical (unpaired) electrons. The third-order valence-electron chi connectivity index (χ3n) is 4.31. The van der Waals surface area contributed by atoms with E-state index in [4.69, 9.17) is 9.84 Å². The zero-order valence-corrected chi connectivity index (χ0v) is 15.2. The summed E-state index contributed by atoms with van der Waals surface area (Å²) in [6, 6.07) is 0.0443. The number of thiazole rings is 1. The van der Waals surface area contributed by atoms with Crippen LogP contribution >= 0.6 is 11.3 Å². The number of piperidine rings is 1. The van der Waals surface area contributed by atoms with Crippen molar-refractivity contribution < 1.29 is 19.4 Å². The molecule has 0 aromatic carbocycles. The predicted octanol–water partition coefficient (Wildman–Crippen LogP) is 3.03. The lowest BCUT2D eigenvalue weighted by molar-refractivity contribution is -0.139. The number of amides is 1. The molecule has 7 heteroatoms. The van der Waals surface area contributed by atoms with Gasteiger partial charge >= 0.3 is 5.97 Å². The molecule has 2 rings (SSSR count). The minimum atomic E-state index is -0.804. The lowest BCUT2D eigenvalue weighted by Crippen LogP contribution is -2.44. The average Bonchev–Trinajstić information content (AvgIpc) is 3.02. The Kier molecular flexibility index (Phi) is 7.17. The second-order valence-electron chi connectivity index (χ2n) is 6.12. The Morgan fingerprint density at radius 3 is 3.00 bits per heavy atom. The normalized spacial score (nSPS) is 19.2. The number of carbonyl (C=O) groups excluding carboxylic acids is 1. The molecule has 1 saturated heterocycles. The van der Waals surface area contributed by atoms with Crippen molar-refractivity contribution in [1.82, 2.24) is 9.88 Å². The van der Waals surface area contributed by atoms with E-state index in [2.05, 4.69) is 4.98 Å². The fraction of sp³-hybridized carbons (Fsp3) is 0.706. The van der Waals surface area contributed by atoms with Crippen molar-refractivity contribution in [3.8, 4) is 0 Å². The number of aliphatic carboxylic acids is 1. The Labute approximate surface area is 146 Å². The SMILES string of the molecule is CCO[C@@H](C)c1nc(CC(=O)N2CCCC[C@H]2CCC(=O)O)cs1. The van der Waals surface area contributed by atoms with Crippen molar-refractivity contribution in [3.63, 3.8) is 0 Å². The van der Waals surface area contributed by atoms with Gasteiger partial charge in [-0.3, -0.25) is 9.59 Å². The molecule has 24 heavy (non-hydrogen) atoms. The van der Waals surface area contributed by atoms with Gasteiger partial charge in [0.15, 0.2) is 0 Å². The first-order valence-electron chi connectivity index (χ1n) is 8.58. The number of carboxylic acids is 1. The van der Waals surface area contributed by atoms with Crippen molar-refractivity contribution in [2.75, 3.05) is 13.2 Å². The zero-order valence-electron chi connectivity index (χ0n) is 14.4. The number of hydrogen-bond acceptors (Lipinski definition) is 5. The number of rotatable bonds is 8. The Morgan fingerprint density at radius 1 is 1.50 bits per heavy atom. The van der Waals surface area contributed by atoms with Gasteiger partial charge in [0.2, 0.25) is 5.91 Å². The van der Waals surface area contributed by atoms with Crippen LogP contribution in [0, 0.1) is 0 Å². The molecule has 1 amide bonds. The Morgan fingerprint density at radius 2 is 2.29 bits per heavy atom. The first kappa shape index (κ1) is 18.9. The van der Waals surface area contributed by atoms with Crippen LogP contribution in [0.3, 0.4) is 0 Å². The van der Waals surface area contributed by atoms with E-state index in [0.717, 1.165) is 36.5 Å². The van der Waals surface area contributed by atoms with Crippen LogP contribution in [0.15, 0.2) is 5.38 Å². The number of likely N-dealkylation sites (tertiary alicyclic amines) is 1. The van der Waals surface area contributed by atoms with Crippen LogP contribution in [0.5, 0.6) is 0 Å². The summed E-state index contributed by atoms with van der Waals surface area (Å²) in [5.41, 5.74) is 0.772. The number of aromatic nitrogens is 1. The summed E-state index contributed by atoms with van der Waals surface area (Å²) in [6.07, 6.45) is 3.80. The third kappa shape index (κ3) is 5.27. The molecule has 1 fully saturated rings. The molecule has 1 aromatic rings. The summed E-state index contributed by atoms with van der Waals surface area (Å²) in [5.74, 6) is -0.756. The minimum absolute atomic E-state index is 0.0443. The molecule has 1 aromatic heterocycles. The van der Waals surface area contributed by atoms with Gasteiger partial charge in [-0.1, -0.05) is 0 Å². The standard InChI is InChI=1S/C17H26N2O4S/c1-3-23-12(2)17-18-13(11-24-17)10-15(20)19-9-5-4-6-14(19)7-8-16(21)22/h11-12,14H,3-10H2,1-2H3,(H,21,22)/t12-,14-/m0/s1. The highest BCUT2D eigenvalue weighted by molar-refractivity contribution is 7.09. The second-order valence-corrected chi connectivity index (χ2v) is 7.01. The summed E-state index contributed by atoms with van der Waals surface area (Å²) in [7, 11) is 0. The quantitative estimate of drug-likeness (QED) is 0.776. The monoisotopic (exact) mass is 354 g/mol. The van der Waals surface area contributed by atoms with E-state index < -0.39 is 5.97 Å². The molecule has 0 unspecified atom stereocenters. The van der Waals surface area contributed by atoms with Crippen LogP contribution in [-0.4, -0.2) is 46.1 Å². The summed E-state index contributed by atoms with van der Waals surface area (Å²) in [4.78, 5) is 29.8. The number of nitrogens with zero attached hydrogens (tertiary/aromatic N) is 2. The van der Waals surface area contributed by atoms with Crippen molar-refractivity contribution in [3.05, 3.63) is 16.1 Å². The second kappa shape index (κ2) is 9.13. The highest BCUT2D eigenvalue weighted by Crippen LogP contribution is 2.24. The van der Waals surface area contributed by atoms with Crippen LogP contribution in [0.2, 0.25) is 0 Å². The third-order valence-corrected chi connectivity index (χ3v) is 5.36. The molecule has 0 spiro atoms. The molecule has 2 heterocycles. The highest BCUT2D eigenvalue weighted by Gasteiger charge is 2.27. The number of hydrogen-bond donors (Lipinski definition) is 1. The van der Waals surface area contributed by atoms with E-state index in [-0.39, 0.29) is 30.9 Å². The smallest absolute Gasteiger partial charge is 0.303 e. The maximum Gasteiger partial charge on any atom is 0.303 e. The van der Waals surface area contributed by atoms with E-state index in [1.807, 2.05) is 24.1 Å². The molecule has 6 nitrogen and oxygen atoms in total. The van der Waals surface area contributed by atoms with Crippen LogP contribution in [-0.2, 0) is 20.7 Å². The van der Waals surface area contributed by atoms with Crippen molar-refractivity contribution in [2.45, 2.75) is 64.5 Å². The largest absolute Gasteiger partial charge is 0.481 e. The summed E-state index contributed by atoms with van der Waals surface area (Å²) in [5, 5.41) is 11.7. The van der Waals surface area contributed by atoms with Gasteiger partial charge in [0.25, 0.3) is 0 Å². The van der Waals surface area contributed by atoms with E-state index in [0.29, 0.717) is 13.0 Å². The molecular weight excluding hydrogens is 328 g/mol. The predicted molar refractivity (Wildman–Crippen MR) is 92.1 cm³/mol. The maximum atomic E-state index is 12.6. The van der Waals surface area contributed by atoms with Gasteiger partial charge in [0.05, 0.1) is 12.1 Å². The zero-order chi connectivity index (χ0) is 17.5. The van der Waals surface area contributed by atoms with Gasteiger partial charge in [-0.15, -0.1) is 11.3 Å². The highest BCUT2D eigenvalue weighted by atomic mass is 32.1. The molecule has 134 valence electrons. The number of carbonyl (C=O) groups is 2. The van der Waals surface area contributed by atoms with Gasteiger partial charge in [0, 0.05) is 31.0 Å². The minimum Gasteiger partial charge on any atom is -0.481 e. The summed E-state index contributed by atoms with van der Waals surface area (Å²) >= 11 is 1.52.